The highest BCUT2D eigenvalue weighted by molar-refractivity contribution is 5.83. The number of amides is 1. The number of aryl methyl sites for hydroxylation is 1. The molecule has 2 rings (SSSR count). The molecule has 0 aliphatic heterocycles. The fourth-order valence-corrected chi connectivity index (χ4v) is 2.35. The van der Waals surface area contributed by atoms with Crippen molar-refractivity contribution in [1.29, 1.82) is 0 Å². The van der Waals surface area contributed by atoms with Crippen LogP contribution in [-0.4, -0.2) is 24.5 Å². The molecule has 0 aliphatic rings. The number of carbonyl (C=O) groups excluding carboxylic acids is 2. The summed E-state index contributed by atoms with van der Waals surface area (Å²) in [5.41, 5.74) is 3.35. The van der Waals surface area contributed by atoms with Crippen LogP contribution in [0.1, 0.15) is 19.4 Å². The Hall–Kier alpha value is -2.82. The van der Waals surface area contributed by atoms with Crippen LogP contribution >= 0.6 is 0 Å². The molecular formula is C20H22NO4-. The predicted molar refractivity (Wildman–Crippen MR) is 93.9 cm³/mol. The van der Waals surface area contributed by atoms with Crippen LogP contribution in [0.3, 0.4) is 0 Å². The van der Waals surface area contributed by atoms with E-state index in [0.29, 0.717) is 5.75 Å². The summed E-state index contributed by atoms with van der Waals surface area (Å²) in [5, 5.41) is 13.4. The zero-order chi connectivity index (χ0) is 18.4. The molecule has 1 atom stereocenters. The largest absolute Gasteiger partial charge is 0.548 e. The zero-order valence-electron chi connectivity index (χ0n) is 14.6. The topological polar surface area (TPSA) is 78.5 Å². The molecule has 2 aromatic carbocycles. The molecule has 0 saturated heterocycles. The lowest BCUT2D eigenvalue weighted by atomic mass is 10.0. The van der Waals surface area contributed by atoms with E-state index < -0.39 is 17.9 Å². The van der Waals surface area contributed by atoms with Crippen molar-refractivity contribution in [2.45, 2.75) is 26.8 Å². The smallest absolute Gasteiger partial charge is 0.258 e. The minimum Gasteiger partial charge on any atom is -0.548 e. The van der Waals surface area contributed by atoms with Crippen LogP contribution in [-0.2, 0) is 9.59 Å². The number of carboxylic acids is 1. The summed E-state index contributed by atoms with van der Waals surface area (Å²) in [7, 11) is 0. The van der Waals surface area contributed by atoms with Crippen LogP contribution in [0.15, 0.2) is 48.5 Å². The Morgan fingerprint density at radius 1 is 1.00 bits per heavy atom. The molecule has 0 bridgehead atoms. The molecule has 0 saturated carbocycles. The highest BCUT2D eigenvalue weighted by Gasteiger charge is 2.17. The van der Waals surface area contributed by atoms with Gasteiger partial charge in [-0.2, -0.15) is 0 Å². The van der Waals surface area contributed by atoms with Crippen molar-refractivity contribution in [2.24, 2.45) is 5.92 Å². The summed E-state index contributed by atoms with van der Waals surface area (Å²) in [6, 6.07) is 14.5. The SMILES string of the molecule is Cc1ccc(-c2ccc(OCC(=O)N[C@H](C(=O)[O-])C(C)C)cc2)cc1. The second-order valence-electron chi connectivity index (χ2n) is 6.29. The average Bonchev–Trinajstić information content (AvgIpc) is 2.58. The second-order valence-corrected chi connectivity index (χ2v) is 6.29. The van der Waals surface area contributed by atoms with E-state index in [0.717, 1.165) is 11.1 Å². The van der Waals surface area contributed by atoms with Gasteiger partial charge < -0.3 is 20.0 Å². The van der Waals surface area contributed by atoms with E-state index >= 15 is 0 Å². The lowest BCUT2D eigenvalue weighted by Crippen LogP contribution is -2.51. The van der Waals surface area contributed by atoms with Crippen molar-refractivity contribution in [2.75, 3.05) is 6.61 Å². The Morgan fingerprint density at radius 2 is 1.52 bits per heavy atom. The van der Waals surface area contributed by atoms with E-state index in [9.17, 15) is 14.7 Å². The summed E-state index contributed by atoms with van der Waals surface area (Å²) in [6.45, 7) is 5.19. The van der Waals surface area contributed by atoms with Gasteiger partial charge in [0.25, 0.3) is 5.91 Å². The van der Waals surface area contributed by atoms with E-state index in [1.54, 1.807) is 26.0 Å². The van der Waals surface area contributed by atoms with Gasteiger partial charge in [0.1, 0.15) is 5.75 Å². The van der Waals surface area contributed by atoms with E-state index in [-0.39, 0.29) is 12.5 Å². The normalized spacial score (nSPS) is 11.8. The molecule has 0 aromatic heterocycles. The van der Waals surface area contributed by atoms with Crippen LogP contribution in [0.5, 0.6) is 5.75 Å². The lowest BCUT2D eigenvalue weighted by Gasteiger charge is -2.23. The summed E-state index contributed by atoms with van der Waals surface area (Å²) >= 11 is 0. The summed E-state index contributed by atoms with van der Waals surface area (Å²) in [4.78, 5) is 22.8. The van der Waals surface area contributed by atoms with Gasteiger partial charge in [0.15, 0.2) is 6.61 Å². The predicted octanol–water partition coefficient (Wildman–Crippen LogP) is 1.93. The third-order valence-electron chi connectivity index (χ3n) is 3.85. The quantitative estimate of drug-likeness (QED) is 0.835. The van der Waals surface area contributed by atoms with Crippen molar-refractivity contribution >= 4 is 11.9 Å². The molecule has 0 unspecified atom stereocenters. The highest BCUT2D eigenvalue weighted by atomic mass is 16.5. The minimum absolute atomic E-state index is 0.250. The van der Waals surface area contributed by atoms with Gasteiger partial charge in [-0.1, -0.05) is 55.8 Å². The van der Waals surface area contributed by atoms with Crippen LogP contribution in [0, 0.1) is 12.8 Å². The van der Waals surface area contributed by atoms with Gasteiger partial charge >= 0.3 is 0 Å². The Bertz CT molecular complexity index is 720. The first-order valence-corrected chi connectivity index (χ1v) is 8.17. The Balaban J connectivity index is 1.92. The van der Waals surface area contributed by atoms with Gasteiger partial charge in [-0.25, -0.2) is 0 Å². The van der Waals surface area contributed by atoms with Crippen molar-refractivity contribution < 1.29 is 19.4 Å². The number of aliphatic carboxylic acids is 1. The maximum Gasteiger partial charge on any atom is 0.258 e. The lowest BCUT2D eigenvalue weighted by molar-refractivity contribution is -0.309. The van der Waals surface area contributed by atoms with Crippen molar-refractivity contribution in [3.63, 3.8) is 0 Å². The molecule has 0 radical (unpaired) electrons. The molecule has 1 N–H and O–H groups in total. The van der Waals surface area contributed by atoms with Crippen LogP contribution < -0.4 is 15.2 Å². The van der Waals surface area contributed by atoms with E-state index in [1.807, 2.05) is 43.3 Å². The van der Waals surface area contributed by atoms with Crippen molar-refractivity contribution in [3.05, 3.63) is 54.1 Å². The van der Waals surface area contributed by atoms with Crippen molar-refractivity contribution in [3.8, 4) is 16.9 Å². The molecule has 0 aliphatic carbocycles. The first-order chi connectivity index (χ1) is 11.9. The van der Waals surface area contributed by atoms with E-state index in [4.69, 9.17) is 4.74 Å². The van der Waals surface area contributed by atoms with Crippen LogP contribution in [0.25, 0.3) is 11.1 Å². The number of nitrogens with one attached hydrogen (secondary N) is 1. The Kier molecular flexibility index (Phi) is 6.17. The minimum atomic E-state index is -1.30. The summed E-state index contributed by atoms with van der Waals surface area (Å²) in [6.07, 6.45) is 0. The summed E-state index contributed by atoms with van der Waals surface area (Å²) in [5.74, 6) is -1.51. The first-order valence-electron chi connectivity index (χ1n) is 8.17. The van der Waals surface area contributed by atoms with E-state index in [2.05, 4.69) is 5.32 Å². The highest BCUT2D eigenvalue weighted by Crippen LogP contribution is 2.22. The first kappa shape index (κ1) is 18.5. The maximum atomic E-state index is 11.8. The molecule has 5 nitrogen and oxygen atoms in total. The number of ether oxygens (including phenoxy) is 1. The maximum absolute atomic E-state index is 11.8. The van der Waals surface area contributed by atoms with Gasteiger partial charge in [-0.15, -0.1) is 0 Å². The van der Waals surface area contributed by atoms with E-state index in [1.165, 1.54) is 5.56 Å². The molecule has 0 fully saturated rings. The Labute approximate surface area is 147 Å². The molecule has 5 heteroatoms. The standard InChI is InChI=1S/C20H23NO4/c1-13(2)19(20(23)24)21-18(22)12-25-17-10-8-16(9-11-17)15-6-4-14(3)5-7-15/h4-11,13,19H,12H2,1-3H3,(H,21,22)(H,23,24)/p-1/t19-/m0/s1. The third-order valence-corrected chi connectivity index (χ3v) is 3.85. The molecule has 1 amide bonds. The van der Waals surface area contributed by atoms with Gasteiger partial charge in [0.2, 0.25) is 0 Å². The van der Waals surface area contributed by atoms with Gasteiger partial charge in [0.05, 0.1) is 12.0 Å². The van der Waals surface area contributed by atoms with Gasteiger partial charge in [-0.05, 0) is 36.1 Å². The second kappa shape index (κ2) is 8.33. The average molecular weight is 340 g/mol. The van der Waals surface area contributed by atoms with Crippen molar-refractivity contribution in [1.82, 2.24) is 5.32 Å². The van der Waals surface area contributed by atoms with Crippen LogP contribution in [0.4, 0.5) is 0 Å². The van der Waals surface area contributed by atoms with Crippen LogP contribution in [0.2, 0.25) is 0 Å². The third kappa shape index (κ3) is 5.35. The summed E-state index contributed by atoms with van der Waals surface area (Å²) < 4.78 is 5.41. The number of carbonyl (C=O) groups is 2. The monoisotopic (exact) mass is 340 g/mol. The number of hydrogen-bond donors (Lipinski definition) is 1. The number of hydrogen-bond acceptors (Lipinski definition) is 4. The zero-order valence-corrected chi connectivity index (χ0v) is 14.6. The van der Waals surface area contributed by atoms with Gasteiger partial charge in [0, 0.05) is 0 Å². The Morgan fingerprint density at radius 3 is 2.00 bits per heavy atom. The fraction of sp³-hybridized carbons (Fsp3) is 0.300. The van der Waals surface area contributed by atoms with Gasteiger partial charge in [-0.3, -0.25) is 4.79 Å². The molecule has 25 heavy (non-hydrogen) atoms. The molecule has 0 spiro atoms. The number of carboxylic acid groups (broad SMARTS) is 1. The number of benzene rings is 2. The number of rotatable bonds is 7. The molecule has 0 heterocycles. The molecule has 2 aromatic rings. The molecule has 132 valence electrons. The molecular weight excluding hydrogens is 318 g/mol. The fourth-order valence-electron chi connectivity index (χ4n) is 2.35.